The van der Waals surface area contributed by atoms with E-state index in [0.29, 0.717) is 5.95 Å². The van der Waals surface area contributed by atoms with Gasteiger partial charge in [0.1, 0.15) is 0 Å². The molecular formula is C9H14ClN5O. The molecule has 0 atom stereocenters. The Balaban J connectivity index is 2.94. The van der Waals surface area contributed by atoms with Crippen molar-refractivity contribution in [2.45, 2.75) is 33.2 Å². The SMILES string of the molecule is CC(=O)Nc1nc(Cl)nc(NC(C)(C)C)n1. The second kappa shape index (κ2) is 4.61. The summed E-state index contributed by atoms with van der Waals surface area (Å²) in [7, 11) is 0. The number of anilines is 2. The summed E-state index contributed by atoms with van der Waals surface area (Å²) in [6.45, 7) is 7.25. The number of nitrogens with zero attached hydrogens (tertiary/aromatic N) is 3. The molecule has 0 bridgehead atoms. The molecule has 6 nitrogen and oxygen atoms in total. The third kappa shape index (κ3) is 4.39. The predicted molar refractivity (Wildman–Crippen MR) is 62.5 cm³/mol. The van der Waals surface area contributed by atoms with Crippen LogP contribution in [0, 0.1) is 0 Å². The van der Waals surface area contributed by atoms with Crippen LogP contribution in [0.15, 0.2) is 0 Å². The van der Waals surface area contributed by atoms with Crippen molar-refractivity contribution in [3.8, 4) is 0 Å². The zero-order chi connectivity index (χ0) is 12.3. The Hall–Kier alpha value is -1.43. The maximum Gasteiger partial charge on any atom is 0.235 e. The molecule has 0 saturated heterocycles. The van der Waals surface area contributed by atoms with E-state index in [1.54, 1.807) is 0 Å². The molecule has 1 heterocycles. The van der Waals surface area contributed by atoms with Crippen molar-refractivity contribution < 1.29 is 4.79 Å². The van der Waals surface area contributed by atoms with Crippen LogP contribution < -0.4 is 10.6 Å². The molecule has 7 heteroatoms. The Bertz CT molecular complexity index is 401. The van der Waals surface area contributed by atoms with Gasteiger partial charge >= 0.3 is 0 Å². The number of rotatable bonds is 2. The number of aromatic nitrogens is 3. The van der Waals surface area contributed by atoms with Crippen LogP contribution in [0.25, 0.3) is 0 Å². The van der Waals surface area contributed by atoms with Gasteiger partial charge in [-0.3, -0.25) is 10.1 Å². The van der Waals surface area contributed by atoms with Crippen LogP contribution in [-0.2, 0) is 4.79 Å². The van der Waals surface area contributed by atoms with Crippen molar-refractivity contribution in [1.82, 2.24) is 15.0 Å². The number of halogens is 1. The first-order chi connectivity index (χ1) is 7.26. The zero-order valence-corrected chi connectivity index (χ0v) is 10.4. The molecule has 1 rings (SSSR count). The first kappa shape index (κ1) is 12.6. The van der Waals surface area contributed by atoms with Crippen LogP contribution >= 0.6 is 11.6 Å². The summed E-state index contributed by atoms with van der Waals surface area (Å²) in [6.07, 6.45) is 0. The van der Waals surface area contributed by atoms with Crippen LogP contribution in [-0.4, -0.2) is 26.4 Å². The lowest BCUT2D eigenvalue weighted by molar-refractivity contribution is -0.114. The number of carbonyl (C=O) groups is 1. The fraction of sp³-hybridized carbons (Fsp3) is 0.556. The average molecular weight is 244 g/mol. The van der Waals surface area contributed by atoms with Gasteiger partial charge < -0.3 is 5.32 Å². The highest BCUT2D eigenvalue weighted by Gasteiger charge is 2.13. The van der Waals surface area contributed by atoms with E-state index in [9.17, 15) is 4.79 Å². The molecule has 0 unspecified atom stereocenters. The molecule has 1 amide bonds. The van der Waals surface area contributed by atoms with Crippen molar-refractivity contribution in [3.63, 3.8) is 0 Å². The van der Waals surface area contributed by atoms with Gasteiger partial charge in [-0.05, 0) is 32.4 Å². The van der Waals surface area contributed by atoms with Crippen molar-refractivity contribution in [1.29, 1.82) is 0 Å². The molecule has 0 fully saturated rings. The van der Waals surface area contributed by atoms with Crippen molar-refractivity contribution in [2.24, 2.45) is 0 Å². The lowest BCUT2D eigenvalue weighted by Gasteiger charge is -2.20. The van der Waals surface area contributed by atoms with Crippen LogP contribution in [0.2, 0.25) is 5.28 Å². The third-order valence-corrected chi connectivity index (χ3v) is 1.55. The second-order valence-corrected chi connectivity index (χ2v) is 4.65. The largest absolute Gasteiger partial charge is 0.349 e. The summed E-state index contributed by atoms with van der Waals surface area (Å²) in [4.78, 5) is 22.5. The molecule has 0 aliphatic heterocycles. The lowest BCUT2D eigenvalue weighted by Crippen LogP contribution is -2.27. The number of amides is 1. The van der Waals surface area contributed by atoms with Crippen molar-refractivity contribution in [2.75, 3.05) is 10.6 Å². The standard InChI is InChI=1S/C9H14ClN5O/c1-5(16)11-7-12-6(10)13-8(14-7)15-9(2,3)4/h1-4H3,(H2,11,12,13,14,15,16). The molecule has 88 valence electrons. The van der Waals surface area contributed by atoms with Crippen LogP contribution in [0.1, 0.15) is 27.7 Å². The van der Waals surface area contributed by atoms with E-state index in [-0.39, 0.29) is 22.7 Å². The van der Waals surface area contributed by atoms with Gasteiger partial charge in [0.15, 0.2) is 0 Å². The lowest BCUT2D eigenvalue weighted by atomic mass is 10.1. The molecule has 0 aliphatic carbocycles. The molecule has 0 spiro atoms. The summed E-state index contributed by atoms with van der Waals surface area (Å²) in [5.74, 6) is 0.208. The minimum atomic E-state index is -0.260. The topological polar surface area (TPSA) is 79.8 Å². The Morgan fingerprint density at radius 1 is 1.19 bits per heavy atom. The maximum absolute atomic E-state index is 10.8. The van der Waals surface area contributed by atoms with Gasteiger partial charge in [0.2, 0.25) is 23.1 Å². The molecule has 0 aromatic carbocycles. The number of hydrogen-bond donors (Lipinski definition) is 2. The fourth-order valence-corrected chi connectivity index (χ4v) is 1.11. The third-order valence-electron chi connectivity index (χ3n) is 1.38. The van der Waals surface area contributed by atoms with Crippen LogP contribution in [0.4, 0.5) is 11.9 Å². The van der Waals surface area contributed by atoms with E-state index < -0.39 is 0 Å². The minimum Gasteiger partial charge on any atom is -0.349 e. The molecule has 1 aromatic rings. The van der Waals surface area contributed by atoms with Crippen molar-refractivity contribution in [3.05, 3.63) is 5.28 Å². The quantitative estimate of drug-likeness (QED) is 0.826. The number of nitrogens with one attached hydrogen (secondary N) is 2. The van der Waals surface area contributed by atoms with E-state index in [2.05, 4.69) is 25.6 Å². The number of hydrogen-bond acceptors (Lipinski definition) is 5. The van der Waals surface area contributed by atoms with Gasteiger partial charge in [-0.2, -0.15) is 15.0 Å². The van der Waals surface area contributed by atoms with E-state index in [4.69, 9.17) is 11.6 Å². The monoisotopic (exact) mass is 243 g/mol. The van der Waals surface area contributed by atoms with Crippen LogP contribution in [0.5, 0.6) is 0 Å². The van der Waals surface area contributed by atoms with Gasteiger partial charge in [0.25, 0.3) is 0 Å². The predicted octanol–water partition coefficient (Wildman–Crippen LogP) is 1.69. The summed E-state index contributed by atoms with van der Waals surface area (Å²) in [6, 6.07) is 0. The zero-order valence-electron chi connectivity index (χ0n) is 9.63. The summed E-state index contributed by atoms with van der Waals surface area (Å²) >= 11 is 5.71. The molecule has 0 radical (unpaired) electrons. The molecule has 0 aliphatic rings. The fourth-order valence-electron chi connectivity index (χ4n) is 0.955. The Kier molecular flexibility index (Phi) is 3.64. The highest BCUT2D eigenvalue weighted by atomic mass is 35.5. The smallest absolute Gasteiger partial charge is 0.235 e. The normalized spacial score (nSPS) is 11.1. The van der Waals surface area contributed by atoms with Gasteiger partial charge in [-0.15, -0.1) is 0 Å². The van der Waals surface area contributed by atoms with E-state index in [1.165, 1.54) is 6.92 Å². The van der Waals surface area contributed by atoms with Gasteiger partial charge in [0, 0.05) is 12.5 Å². The van der Waals surface area contributed by atoms with E-state index in [0.717, 1.165) is 0 Å². The van der Waals surface area contributed by atoms with E-state index >= 15 is 0 Å². The van der Waals surface area contributed by atoms with Crippen LogP contribution in [0.3, 0.4) is 0 Å². The first-order valence-corrected chi connectivity index (χ1v) is 5.11. The highest BCUT2D eigenvalue weighted by molar-refractivity contribution is 6.28. The molecule has 1 aromatic heterocycles. The minimum absolute atomic E-state index is 0.0329. The Labute approximate surface area is 98.8 Å². The molecule has 16 heavy (non-hydrogen) atoms. The Morgan fingerprint density at radius 2 is 1.75 bits per heavy atom. The Morgan fingerprint density at radius 3 is 2.25 bits per heavy atom. The summed E-state index contributed by atoms with van der Waals surface area (Å²) in [5, 5.41) is 5.52. The first-order valence-electron chi connectivity index (χ1n) is 4.73. The number of carbonyl (C=O) groups excluding carboxylic acids is 1. The molecule has 2 N–H and O–H groups in total. The summed E-state index contributed by atoms with van der Waals surface area (Å²) < 4.78 is 0. The average Bonchev–Trinajstić information content (AvgIpc) is 1.96. The van der Waals surface area contributed by atoms with E-state index in [1.807, 2.05) is 20.8 Å². The van der Waals surface area contributed by atoms with Gasteiger partial charge in [0.05, 0.1) is 0 Å². The molecular weight excluding hydrogens is 230 g/mol. The summed E-state index contributed by atoms with van der Waals surface area (Å²) in [5.41, 5.74) is -0.196. The van der Waals surface area contributed by atoms with Gasteiger partial charge in [-0.25, -0.2) is 0 Å². The molecule has 0 saturated carbocycles. The maximum atomic E-state index is 10.8. The second-order valence-electron chi connectivity index (χ2n) is 4.31. The highest BCUT2D eigenvalue weighted by Crippen LogP contribution is 2.13. The van der Waals surface area contributed by atoms with Gasteiger partial charge in [-0.1, -0.05) is 0 Å². The van der Waals surface area contributed by atoms with Crippen molar-refractivity contribution >= 4 is 29.4 Å².